The summed E-state index contributed by atoms with van der Waals surface area (Å²) in [6.45, 7) is 2.23. The van der Waals surface area contributed by atoms with E-state index in [0.29, 0.717) is 0 Å². The highest BCUT2D eigenvalue weighted by Crippen LogP contribution is 2.36. The quantitative estimate of drug-likeness (QED) is 0.689. The van der Waals surface area contributed by atoms with Crippen LogP contribution in [-0.4, -0.2) is 0 Å². The molecule has 2 aromatic carbocycles. The zero-order valence-electron chi connectivity index (χ0n) is 9.26. The first kappa shape index (κ1) is 10.1. The normalized spacial score (nSPS) is 14.0. The molecular weight excluding hydrogens is 260 g/mol. The smallest absolute Gasteiger partial charge is 0.0259 e. The molecule has 80 valence electrons. The van der Waals surface area contributed by atoms with E-state index in [0.717, 1.165) is 12.8 Å². The SMILES string of the molecule is CCC1=Cc2cc(Br)c3ccccc3c2C1. The summed E-state index contributed by atoms with van der Waals surface area (Å²) >= 11 is 3.66. The Morgan fingerprint density at radius 1 is 1.19 bits per heavy atom. The van der Waals surface area contributed by atoms with Crippen LogP contribution in [0.4, 0.5) is 0 Å². The fraction of sp³-hybridized carbons (Fsp3) is 0.200. The van der Waals surface area contributed by atoms with Gasteiger partial charge in [0.1, 0.15) is 0 Å². The summed E-state index contributed by atoms with van der Waals surface area (Å²) in [4.78, 5) is 0. The first-order chi connectivity index (χ1) is 7.79. The van der Waals surface area contributed by atoms with E-state index >= 15 is 0 Å². The van der Waals surface area contributed by atoms with E-state index in [4.69, 9.17) is 0 Å². The Hall–Kier alpha value is -1.08. The first-order valence-corrected chi connectivity index (χ1v) is 6.48. The van der Waals surface area contributed by atoms with Gasteiger partial charge in [-0.1, -0.05) is 58.8 Å². The molecule has 3 rings (SSSR count). The number of hydrogen-bond acceptors (Lipinski definition) is 0. The van der Waals surface area contributed by atoms with Crippen molar-refractivity contribution in [2.24, 2.45) is 0 Å². The summed E-state index contributed by atoms with van der Waals surface area (Å²) in [5.41, 5.74) is 4.43. The van der Waals surface area contributed by atoms with Gasteiger partial charge >= 0.3 is 0 Å². The van der Waals surface area contributed by atoms with Gasteiger partial charge in [0.05, 0.1) is 0 Å². The summed E-state index contributed by atoms with van der Waals surface area (Å²) in [5, 5.41) is 2.72. The minimum atomic E-state index is 1.12. The van der Waals surface area contributed by atoms with Crippen molar-refractivity contribution in [2.75, 3.05) is 0 Å². The third kappa shape index (κ3) is 1.42. The van der Waals surface area contributed by atoms with Gasteiger partial charge in [0.25, 0.3) is 0 Å². The van der Waals surface area contributed by atoms with Crippen LogP contribution < -0.4 is 0 Å². The molecule has 0 heterocycles. The Balaban J connectivity index is 2.31. The Morgan fingerprint density at radius 3 is 2.69 bits per heavy atom. The Bertz CT molecular complexity index is 594. The minimum Gasteiger partial charge on any atom is -0.0655 e. The van der Waals surface area contributed by atoms with Crippen LogP contribution >= 0.6 is 15.9 Å². The topological polar surface area (TPSA) is 0 Å². The van der Waals surface area contributed by atoms with Gasteiger partial charge in [0, 0.05) is 4.47 Å². The van der Waals surface area contributed by atoms with E-state index in [9.17, 15) is 0 Å². The molecule has 0 unspecified atom stereocenters. The van der Waals surface area contributed by atoms with Crippen LogP contribution in [0.5, 0.6) is 0 Å². The summed E-state index contributed by atoms with van der Waals surface area (Å²) < 4.78 is 1.20. The molecule has 1 aliphatic rings. The minimum absolute atomic E-state index is 1.12. The number of halogens is 1. The molecule has 0 saturated heterocycles. The van der Waals surface area contributed by atoms with Crippen molar-refractivity contribution in [3.63, 3.8) is 0 Å². The Kier molecular flexibility index (Phi) is 2.36. The van der Waals surface area contributed by atoms with Crippen LogP contribution in [0.2, 0.25) is 0 Å². The maximum Gasteiger partial charge on any atom is 0.0259 e. The number of fused-ring (bicyclic) bond motifs is 3. The lowest BCUT2D eigenvalue weighted by atomic mass is 10.00. The van der Waals surface area contributed by atoms with Crippen LogP contribution in [0.1, 0.15) is 24.5 Å². The Morgan fingerprint density at radius 2 is 1.94 bits per heavy atom. The van der Waals surface area contributed by atoms with E-state index in [1.807, 2.05) is 0 Å². The lowest BCUT2D eigenvalue weighted by Crippen LogP contribution is -1.87. The molecule has 2 aromatic rings. The van der Waals surface area contributed by atoms with Gasteiger partial charge in [0.2, 0.25) is 0 Å². The Labute approximate surface area is 104 Å². The van der Waals surface area contributed by atoms with Gasteiger partial charge < -0.3 is 0 Å². The lowest BCUT2D eigenvalue weighted by Gasteiger charge is -2.07. The molecule has 0 saturated carbocycles. The van der Waals surface area contributed by atoms with E-state index in [1.165, 1.54) is 26.4 Å². The molecule has 0 atom stereocenters. The molecule has 1 heteroatoms. The molecule has 0 nitrogen and oxygen atoms in total. The maximum absolute atomic E-state index is 3.66. The van der Waals surface area contributed by atoms with Gasteiger partial charge in [-0.15, -0.1) is 0 Å². The fourth-order valence-electron chi connectivity index (χ4n) is 2.46. The molecule has 1 aliphatic carbocycles. The molecule has 0 amide bonds. The number of benzene rings is 2. The van der Waals surface area contributed by atoms with Crippen LogP contribution in [0, 0.1) is 0 Å². The predicted molar refractivity (Wildman–Crippen MR) is 73.6 cm³/mol. The van der Waals surface area contributed by atoms with Crippen molar-refractivity contribution in [3.8, 4) is 0 Å². The fourth-order valence-corrected chi connectivity index (χ4v) is 3.05. The van der Waals surface area contributed by atoms with Gasteiger partial charge in [-0.25, -0.2) is 0 Å². The van der Waals surface area contributed by atoms with Gasteiger partial charge in [-0.2, -0.15) is 0 Å². The molecular formula is C15H13Br. The number of hydrogen-bond donors (Lipinski definition) is 0. The van der Waals surface area contributed by atoms with Gasteiger partial charge in [-0.05, 0) is 40.8 Å². The molecule has 16 heavy (non-hydrogen) atoms. The van der Waals surface area contributed by atoms with Crippen molar-refractivity contribution in [1.82, 2.24) is 0 Å². The summed E-state index contributed by atoms with van der Waals surface area (Å²) in [7, 11) is 0. The third-order valence-corrected chi connectivity index (χ3v) is 4.01. The average molecular weight is 273 g/mol. The molecule has 0 N–H and O–H groups in total. The van der Waals surface area contributed by atoms with E-state index in [1.54, 1.807) is 5.57 Å². The third-order valence-electron chi connectivity index (χ3n) is 3.36. The lowest BCUT2D eigenvalue weighted by molar-refractivity contribution is 1.04. The highest BCUT2D eigenvalue weighted by molar-refractivity contribution is 9.10. The zero-order chi connectivity index (χ0) is 11.1. The average Bonchev–Trinajstić information content (AvgIpc) is 2.72. The second kappa shape index (κ2) is 3.74. The second-order valence-corrected chi connectivity index (χ2v) is 5.16. The van der Waals surface area contributed by atoms with Crippen molar-refractivity contribution in [1.29, 1.82) is 0 Å². The van der Waals surface area contributed by atoms with Crippen molar-refractivity contribution in [3.05, 3.63) is 51.5 Å². The van der Waals surface area contributed by atoms with Crippen molar-refractivity contribution in [2.45, 2.75) is 19.8 Å². The first-order valence-electron chi connectivity index (χ1n) is 5.69. The standard InChI is InChI=1S/C15H13Br/c1-2-10-7-11-9-15(16)13-6-4-3-5-12(13)14(11)8-10/h3-7,9H,2,8H2,1H3. The molecule has 0 aromatic heterocycles. The largest absolute Gasteiger partial charge is 0.0655 e. The summed E-state index contributed by atoms with van der Waals surface area (Å²) in [6, 6.07) is 10.9. The zero-order valence-corrected chi connectivity index (χ0v) is 10.8. The number of rotatable bonds is 1. The van der Waals surface area contributed by atoms with Crippen molar-refractivity contribution >= 4 is 32.8 Å². The molecule has 0 radical (unpaired) electrons. The van der Waals surface area contributed by atoms with E-state index in [2.05, 4.69) is 59.3 Å². The second-order valence-electron chi connectivity index (χ2n) is 4.30. The van der Waals surface area contributed by atoms with E-state index < -0.39 is 0 Å². The maximum atomic E-state index is 3.66. The van der Waals surface area contributed by atoms with Crippen LogP contribution in [0.3, 0.4) is 0 Å². The molecule has 0 bridgehead atoms. The predicted octanol–water partition coefficient (Wildman–Crippen LogP) is 4.95. The number of allylic oxidation sites excluding steroid dienone is 1. The highest BCUT2D eigenvalue weighted by atomic mass is 79.9. The van der Waals surface area contributed by atoms with Crippen LogP contribution in [-0.2, 0) is 6.42 Å². The van der Waals surface area contributed by atoms with E-state index in [-0.39, 0.29) is 0 Å². The molecule has 0 aliphatic heterocycles. The van der Waals surface area contributed by atoms with Crippen molar-refractivity contribution < 1.29 is 0 Å². The molecule has 0 spiro atoms. The van der Waals surface area contributed by atoms with Gasteiger partial charge in [0.15, 0.2) is 0 Å². The monoisotopic (exact) mass is 272 g/mol. The van der Waals surface area contributed by atoms with Crippen LogP contribution in [0.15, 0.2) is 40.4 Å². The summed E-state index contributed by atoms with van der Waals surface area (Å²) in [6.07, 6.45) is 4.62. The highest BCUT2D eigenvalue weighted by Gasteiger charge is 2.15. The summed E-state index contributed by atoms with van der Waals surface area (Å²) in [5.74, 6) is 0. The molecule has 0 fully saturated rings. The van der Waals surface area contributed by atoms with Gasteiger partial charge in [-0.3, -0.25) is 0 Å². The van der Waals surface area contributed by atoms with Crippen LogP contribution in [0.25, 0.3) is 16.8 Å².